The molecule has 7 heteroatoms. The predicted molar refractivity (Wildman–Crippen MR) is 128 cm³/mol. The van der Waals surface area contributed by atoms with Crippen molar-refractivity contribution in [3.8, 4) is 11.5 Å². The summed E-state index contributed by atoms with van der Waals surface area (Å²) in [5.74, 6) is 1.15. The van der Waals surface area contributed by atoms with Gasteiger partial charge in [0.05, 0.1) is 6.54 Å². The third-order valence-corrected chi connectivity index (χ3v) is 7.54. The van der Waals surface area contributed by atoms with Crippen molar-refractivity contribution in [3.05, 3.63) is 59.8 Å². The van der Waals surface area contributed by atoms with Gasteiger partial charge in [-0.3, -0.25) is 9.59 Å². The number of fused-ring (bicyclic) bond motifs is 4. The van der Waals surface area contributed by atoms with E-state index in [9.17, 15) is 9.59 Å². The van der Waals surface area contributed by atoms with Gasteiger partial charge in [-0.1, -0.05) is 43.5 Å². The Bertz CT molecular complexity index is 1280. The Balaban J connectivity index is 1.39. The highest BCUT2D eigenvalue weighted by atomic mass is 16.7. The summed E-state index contributed by atoms with van der Waals surface area (Å²) < 4.78 is 13.0. The van der Waals surface area contributed by atoms with Crippen molar-refractivity contribution < 1.29 is 19.1 Å². The maximum atomic E-state index is 13.9. The van der Waals surface area contributed by atoms with E-state index in [1.54, 1.807) is 4.90 Å². The van der Waals surface area contributed by atoms with Crippen LogP contribution in [0.25, 0.3) is 10.9 Å². The van der Waals surface area contributed by atoms with Crippen LogP contribution in [0.1, 0.15) is 55.1 Å². The van der Waals surface area contributed by atoms with Crippen LogP contribution in [0.4, 0.5) is 0 Å². The maximum Gasteiger partial charge on any atom is 0.271 e. The Morgan fingerprint density at radius 2 is 1.85 bits per heavy atom. The number of benzene rings is 2. The van der Waals surface area contributed by atoms with E-state index in [4.69, 9.17) is 9.47 Å². The highest BCUT2D eigenvalue weighted by Crippen LogP contribution is 2.36. The van der Waals surface area contributed by atoms with Gasteiger partial charge in [-0.25, -0.2) is 0 Å². The molecule has 34 heavy (non-hydrogen) atoms. The van der Waals surface area contributed by atoms with Crippen LogP contribution in [-0.2, 0) is 17.9 Å². The summed E-state index contributed by atoms with van der Waals surface area (Å²) in [6, 6.07) is 15.8. The maximum absolute atomic E-state index is 13.9. The Morgan fingerprint density at radius 3 is 2.71 bits per heavy atom. The van der Waals surface area contributed by atoms with Gasteiger partial charge in [-0.15, -0.1) is 0 Å². The highest BCUT2D eigenvalue weighted by Gasteiger charge is 2.48. The number of amides is 2. The predicted octanol–water partition coefficient (Wildman–Crippen LogP) is 4.23. The quantitative estimate of drug-likeness (QED) is 0.634. The summed E-state index contributed by atoms with van der Waals surface area (Å²) in [4.78, 5) is 29.5. The first kappa shape index (κ1) is 21.1. The van der Waals surface area contributed by atoms with Gasteiger partial charge in [0.2, 0.25) is 12.7 Å². The lowest BCUT2D eigenvalue weighted by atomic mass is 9.91. The van der Waals surface area contributed by atoms with Crippen LogP contribution in [0.3, 0.4) is 0 Å². The molecule has 3 aromatic rings. The smallest absolute Gasteiger partial charge is 0.271 e. The largest absolute Gasteiger partial charge is 0.454 e. The lowest BCUT2D eigenvalue weighted by Crippen LogP contribution is -2.64. The standard InChI is InChI=1S/C27H29N3O4/c1-27(26(32)28-20-8-3-2-4-9-20)16-29-21-10-6-5-7-19(21)14-22(29)25(31)30(27)15-18-11-12-23-24(13-18)34-17-33-23/h5-7,10-14,20H,2-4,8-9,15-17H2,1H3,(H,28,32)/t27-/m0/s1. The molecule has 2 aliphatic heterocycles. The Hall–Kier alpha value is -3.48. The number of carbonyl (C=O) groups is 2. The minimum atomic E-state index is -1.03. The van der Waals surface area contributed by atoms with E-state index in [1.165, 1.54) is 6.42 Å². The third kappa shape index (κ3) is 3.42. The van der Waals surface area contributed by atoms with Crippen LogP contribution < -0.4 is 14.8 Å². The summed E-state index contributed by atoms with van der Waals surface area (Å²) in [5.41, 5.74) is 1.47. The van der Waals surface area contributed by atoms with Crippen molar-refractivity contribution in [2.75, 3.05) is 6.79 Å². The van der Waals surface area contributed by atoms with E-state index in [0.717, 1.165) is 42.1 Å². The molecule has 1 atom stereocenters. The molecule has 0 bridgehead atoms. The van der Waals surface area contributed by atoms with Crippen LogP contribution in [0.15, 0.2) is 48.5 Å². The average Bonchev–Trinajstić information content (AvgIpc) is 3.47. The van der Waals surface area contributed by atoms with E-state index in [1.807, 2.05) is 60.0 Å². The number of nitrogens with zero attached hydrogens (tertiary/aromatic N) is 2. The van der Waals surface area contributed by atoms with Crippen LogP contribution in [0.5, 0.6) is 11.5 Å². The van der Waals surface area contributed by atoms with Gasteiger partial charge in [0.15, 0.2) is 11.5 Å². The molecule has 1 aliphatic carbocycles. The molecule has 0 spiro atoms. The second-order valence-electron chi connectivity index (χ2n) is 9.84. The molecule has 6 rings (SSSR count). The molecule has 0 radical (unpaired) electrons. The molecule has 0 unspecified atom stereocenters. The number of nitrogens with one attached hydrogen (secondary N) is 1. The molecule has 0 saturated heterocycles. The molecule has 176 valence electrons. The lowest BCUT2D eigenvalue weighted by molar-refractivity contribution is -0.134. The Kier molecular flexibility index (Phi) is 5.01. The second-order valence-corrected chi connectivity index (χ2v) is 9.84. The fourth-order valence-corrected chi connectivity index (χ4v) is 5.56. The Morgan fingerprint density at radius 1 is 1.06 bits per heavy atom. The van der Waals surface area contributed by atoms with E-state index < -0.39 is 5.54 Å². The van der Waals surface area contributed by atoms with Gasteiger partial charge in [0.1, 0.15) is 11.2 Å². The highest BCUT2D eigenvalue weighted by molar-refractivity contribution is 6.03. The summed E-state index contributed by atoms with van der Waals surface area (Å²) in [6.45, 7) is 2.81. The second kappa shape index (κ2) is 8.08. The van der Waals surface area contributed by atoms with Crippen LogP contribution in [0, 0.1) is 0 Å². The van der Waals surface area contributed by atoms with Gasteiger partial charge in [0, 0.05) is 23.5 Å². The molecule has 1 aromatic heterocycles. The minimum Gasteiger partial charge on any atom is -0.454 e. The van der Waals surface area contributed by atoms with Crippen molar-refractivity contribution in [2.24, 2.45) is 0 Å². The third-order valence-electron chi connectivity index (χ3n) is 7.54. The van der Waals surface area contributed by atoms with E-state index in [0.29, 0.717) is 30.3 Å². The molecule has 7 nitrogen and oxygen atoms in total. The minimum absolute atomic E-state index is 0.0862. The summed E-state index contributed by atoms with van der Waals surface area (Å²) in [5, 5.41) is 4.29. The summed E-state index contributed by atoms with van der Waals surface area (Å²) in [7, 11) is 0. The van der Waals surface area contributed by atoms with Gasteiger partial charge in [-0.2, -0.15) is 0 Å². The first-order valence-electron chi connectivity index (χ1n) is 12.1. The first-order chi connectivity index (χ1) is 16.5. The van der Waals surface area contributed by atoms with Gasteiger partial charge in [0.25, 0.3) is 5.91 Å². The van der Waals surface area contributed by atoms with Crippen LogP contribution in [0.2, 0.25) is 0 Å². The Labute approximate surface area is 198 Å². The number of carbonyl (C=O) groups excluding carboxylic acids is 2. The zero-order valence-corrected chi connectivity index (χ0v) is 19.4. The molecule has 3 heterocycles. The zero-order chi connectivity index (χ0) is 23.3. The normalized spacial score (nSPS) is 22.1. The molecule has 2 amide bonds. The van der Waals surface area contributed by atoms with E-state index >= 15 is 0 Å². The van der Waals surface area contributed by atoms with Crippen molar-refractivity contribution in [2.45, 2.75) is 63.7 Å². The van der Waals surface area contributed by atoms with Crippen molar-refractivity contribution >= 4 is 22.7 Å². The average molecular weight is 460 g/mol. The molecule has 1 saturated carbocycles. The number of aromatic nitrogens is 1. The molecule has 1 N–H and O–H groups in total. The summed E-state index contributed by atoms with van der Waals surface area (Å²) in [6.07, 6.45) is 5.48. The molecular formula is C27H29N3O4. The number of ether oxygens (including phenoxy) is 2. The first-order valence-corrected chi connectivity index (χ1v) is 12.1. The van der Waals surface area contributed by atoms with Gasteiger partial charge >= 0.3 is 0 Å². The molecular weight excluding hydrogens is 430 g/mol. The number of rotatable bonds is 4. The van der Waals surface area contributed by atoms with Gasteiger partial charge < -0.3 is 24.3 Å². The lowest BCUT2D eigenvalue weighted by Gasteiger charge is -2.45. The SMILES string of the molecule is C[C@@]1(C(=O)NC2CCCCC2)Cn2c(cc3ccccc32)C(=O)N1Cc1ccc2c(c1)OCO2. The monoisotopic (exact) mass is 459 g/mol. The van der Waals surface area contributed by atoms with Crippen LogP contribution in [-0.4, -0.2) is 39.7 Å². The molecule has 1 fully saturated rings. The fourth-order valence-electron chi connectivity index (χ4n) is 5.56. The van der Waals surface area contributed by atoms with Crippen molar-refractivity contribution in [1.82, 2.24) is 14.8 Å². The topological polar surface area (TPSA) is 72.8 Å². The van der Waals surface area contributed by atoms with Crippen LogP contribution >= 0.6 is 0 Å². The molecule has 3 aliphatic rings. The number of hydrogen-bond donors (Lipinski definition) is 1. The van der Waals surface area contributed by atoms with E-state index in [-0.39, 0.29) is 24.6 Å². The van der Waals surface area contributed by atoms with E-state index in [2.05, 4.69) is 5.32 Å². The zero-order valence-electron chi connectivity index (χ0n) is 19.4. The molecule has 2 aromatic carbocycles. The van der Waals surface area contributed by atoms with Crippen molar-refractivity contribution in [1.29, 1.82) is 0 Å². The van der Waals surface area contributed by atoms with Gasteiger partial charge in [-0.05, 0) is 49.6 Å². The number of para-hydroxylation sites is 1. The summed E-state index contributed by atoms with van der Waals surface area (Å²) >= 11 is 0. The fraction of sp³-hybridized carbons (Fsp3) is 0.407. The van der Waals surface area contributed by atoms with Crippen molar-refractivity contribution in [3.63, 3.8) is 0 Å². The number of hydrogen-bond acceptors (Lipinski definition) is 4.